The first-order chi connectivity index (χ1) is 20.1. The third kappa shape index (κ3) is 7.04. The highest BCUT2D eigenvalue weighted by Gasteiger charge is 2.40. The van der Waals surface area contributed by atoms with Gasteiger partial charge in [0, 0.05) is 67.6 Å². The van der Waals surface area contributed by atoms with Gasteiger partial charge in [0.15, 0.2) is 5.82 Å². The number of aromatic nitrogens is 4. The van der Waals surface area contributed by atoms with Crippen molar-refractivity contribution in [3.8, 4) is 11.4 Å². The zero-order valence-corrected chi connectivity index (χ0v) is 23.9. The van der Waals surface area contributed by atoms with Gasteiger partial charge in [-0.1, -0.05) is 6.07 Å². The number of rotatable bonds is 7. The van der Waals surface area contributed by atoms with Crippen LogP contribution in [-0.2, 0) is 11.3 Å². The monoisotopic (exact) mass is 575 g/mol. The SMILES string of the molecule is CC(C)(C)OC(=O)N1CCC(N(C(=O)c2cnc(-c3ccc(C(=O)NCc4cncnc4)c(F)c3)nc2)C2CC2)CC1. The predicted molar refractivity (Wildman–Crippen MR) is 151 cm³/mol. The molecule has 220 valence electrons. The molecule has 2 aliphatic rings. The Morgan fingerprint density at radius 3 is 2.24 bits per heavy atom. The lowest BCUT2D eigenvalue weighted by atomic mass is 10.0. The second-order valence-corrected chi connectivity index (χ2v) is 11.6. The van der Waals surface area contributed by atoms with Crippen LogP contribution in [0.1, 0.15) is 72.7 Å². The van der Waals surface area contributed by atoms with Crippen molar-refractivity contribution in [2.24, 2.45) is 0 Å². The Bertz CT molecular complexity index is 1430. The zero-order chi connectivity index (χ0) is 29.9. The lowest BCUT2D eigenvalue weighted by Crippen LogP contribution is -2.50. The Morgan fingerprint density at radius 1 is 1.00 bits per heavy atom. The van der Waals surface area contributed by atoms with Crippen molar-refractivity contribution in [3.63, 3.8) is 0 Å². The molecule has 1 aliphatic carbocycles. The number of amides is 3. The van der Waals surface area contributed by atoms with Crippen molar-refractivity contribution in [1.82, 2.24) is 35.1 Å². The van der Waals surface area contributed by atoms with E-state index in [-0.39, 0.29) is 42.0 Å². The molecule has 3 heterocycles. The van der Waals surface area contributed by atoms with E-state index in [4.69, 9.17) is 4.74 Å². The van der Waals surface area contributed by atoms with Crippen molar-refractivity contribution in [1.29, 1.82) is 0 Å². The van der Waals surface area contributed by atoms with Crippen LogP contribution >= 0.6 is 0 Å². The third-order valence-electron chi connectivity index (χ3n) is 7.12. The number of halogens is 1. The summed E-state index contributed by atoms with van der Waals surface area (Å²) in [6, 6.07) is 4.31. The number of likely N-dealkylation sites (tertiary alicyclic amines) is 1. The van der Waals surface area contributed by atoms with Crippen molar-refractivity contribution in [3.05, 3.63) is 71.8 Å². The minimum absolute atomic E-state index is 0.00515. The second kappa shape index (κ2) is 12.2. The lowest BCUT2D eigenvalue weighted by Gasteiger charge is -2.39. The maximum atomic E-state index is 14.9. The van der Waals surface area contributed by atoms with Gasteiger partial charge in [0.25, 0.3) is 11.8 Å². The minimum Gasteiger partial charge on any atom is -0.444 e. The summed E-state index contributed by atoms with van der Waals surface area (Å²) in [6.07, 6.45) is 10.3. The van der Waals surface area contributed by atoms with Crippen LogP contribution in [0.25, 0.3) is 11.4 Å². The van der Waals surface area contributed by atoms with Gasteiger partial charge in [-0.15, -0.1) is 0 Å². The van der Waals surface area contributed by atoms with E-state index in [0.29, 0.717) is 42.6 Å². The first-order valence-corrected chi connectivity index (χ1v) is 14.0. The van der Waals surface area contributed by atoms with Gasteiger partial charge in [0.05, 0.1) is 11.1 Å². The summed E-state index contributed by atoms with van der Waals surface area (Å²) in [4.78, 5) is 58.5. The smallest absolute Gasteiger partial charge is 0.410 e. The van der Waals surface area contributed by atoms with Crippen LogP contribution in [0.4, 0.5) is 9.18 Å². The molecule has 1 saturated carbocycles. The van der Waals surface area contributed by atoms with E-state index in [1.807, 2.05) is 25.7 Å². The molecule has 0 spiro atoms. The van der Waals surface area contributed by atoms with Crippen LogP contribution in [0, 0.1) is 5.82 Å². The summed E-state index contributed by atoms with van der Waals surface area (Å²) in [5, 5.41) is 2.65. The third-order valence-corrected chi connectivity index (χ3v) is 7.12. The summed E-state index contributed by atoms with van der Waals surface area (Å²) in [5.41, 5.74) is 0.754. The molecular formula is C30H34FN7O4. The van der Waals surface area contributed by atoms with E-state index in [2.05, 4.69) is 25.3 Å². The van der Waals surface area contributed by atoms with Gasteiger partial charge in [0.1, 0.15) is 17.7 Å². The molecule has 1 aliphatic heterocycles. The molecule has 3 aromatic rings. The van der Waals surface area contributed by atoms with Crippen molar-refractivity contribution >= 4 is 17.9 Å². The molecule has 2 aromatic heterocycles. The summed E-state index contributed by atoms with van der Waals surface area (Å²) in [6.45, 7) is 6.73. The first kappa shape index (κ1) is 29.0. The zero-order valence-electron chi connectivity index (χ0n) is 23.9. The highest BCUT2D eigenvalue weighted by Crippen LogP contribution is 2.33. The van der Waals surface area contributed by atoms with Crippen LogP contribution in [0.5, 0.6) is 0 Å². The molecular weight excluding hydrogens is 541 g/mol. The lowest BCUT2D eigenvalue weighted by molar-refractivity contribution is 0.0142. The molecule has 11 nitrogen and oxygen atoms in total. The molecule has 2 fully saturated rings. The van der Waals surface area contributed by atoms with Gasteiger partial charge in [-0.3, -0.25) is 9.59 Å². The minimum atomic E-state index is -0.712. The van der Waals surface area contributed by atoms with Crippen LogP contribution in [0.15, 0.2) is 49.3 Å². The Morgan fingerprint density at radius 2 is 1.64 bits per heavy atom. The first-order valence-electron chi connectivity index (χ1n) is 14.0. The molecule has 1 saturated heterocycles. The summed E-state index contributed by atoms with van der Waals surface area (Å²) in [5.74, 6) is -1.19. The van der Waals surface area contributed by atoms with Crippen LogP contribution in [0.2, 0.25) is 0 Å². The molecule has 3 amide bonds. The molecule has 0 bridgehead atoms. The number of hydrogen-bond donors (Lipinski definition) is 1. The van der Waals surface area contributed by atoms with Crippen molar-refractivity contribution in [2.45, 2.75) is 70.7 Å². The number of piperidine rings is 1. The van der Waals surface area contributed by atoms with E-state index in [9.17, 15) is 18.8 Å². The average Bonchev–Trinajstić information content (AvgIpc) is 3.81. The number of carbonyl (C=O) groups is 3. The normalized spacial score (nSPS) is 15.7. The van der Waals surface area contributed by atoms with Gasteiger partial charge in [-0.25, -0.2) is 29.1 Å². The number of benzene rings is 1. The van der Waals surface area contributed by atoms with Gasteiger partial charge >= 0.3 is 6.09 Å². The summed E-state index contributed by atoms with van der Waals surface area (Å²) >= 11 is 0. The van der Waals surface area contributed by atoms with Gasteiger partial charge in [0.2, 0.25) is 0 Å². The largest absolute Gasteiger partial charge is 0.444 e. The standard InChI is InChI=1S/C30H34FN7O4/c1-30(2,3)42-29(41)37-10-8-23(9-11-37)38(22-5-6-22)28(40)21-16-34-26(35-17-21)20-4-7-24(25(31)12-20)27(39)36-15-19-13-32-18-33-14-19/h4,7,12-14,16-18,22-23H,5-6,8-11,15H2,1-3H3,(H,36,39). The van der Waals surface area contributed by atoms with Crippen molar-refractivity contribution < 1.29 is 23.5 Å². The van der Waals surface area contributed by atoms with Crippen LogP contribution in [-0.4, -0.2) is 78.4 Å². The maximum absolute atomic E-state index is 14.9. The highest BCUT2D eigenvalue weighted by molar-refractivity contribution is 5.95. The average molecular weight is 576 g/mol. The van der Waals surface area contributed by atoms with Gasteiger partial charge < -0.3 is 19.9 Å². The van der Waals surface area contributed by atoms with Crippen LogP contribution < -0.4 is 5.32 Å². The second-order valence-electron chi connectivity index (χ2n) is 11.6. The van der Waals surface area contributed by atoms with Gasteiger partial charge in [-0.05, 0) is 58.6 Å². The quantitative estimate of drug-likeness (QED) is 0.447. The number of hydrogen-bond acceptors (Lipinski definition) is 8. The highest BCUT2D eigenvalue weighted by atomic mass is 19.1. The van der Waals surface area contributed by atoms with E-state index in [0.717, 1.165) is 12.8 Å². The molecule has 1 N–H and O–H groups in total. The fourth-order valence-corrected chi connectivity index (χ4v) is 4.91. The van der Waals surface area contributed by atoms with E-state index in [1.165, 1.54) is 30.9 Å². The Kier molecular flexibility index (Phi) is 8.41. The van der Waals surface area contributed by atoms with E-state index < -0.39 is 17.3 Å². The molecule has 0 radical (unpaired) electrons. The van der Waals surface area contributed by atoms with Gasteiger partial charge in [-0.2, -0.15) is 0 Å². The Balaban J connectivity index is 1.21. The fraction of sp³-hybridized carbons (Fsp3) is 0.433. The molecule has 42 heavy (non-hydrogen) atoms. The number of nitrogens with one attached hydrogen (secondary N) is 1. The fourth-order valence-electron chi connectivity index (χ4n) is 4.91. The van der Waals surface area contributed by atoms with Crippen molar-refractivity contribution in [2.75, 3.05) is 13.1 Å². The number of carbonyl (C=O) groups excluding carboxylic acids is 3. The number of ether oxygens (including phenoxy) is 1. The maximum Gasteiger partial charge on any atom is 0.410 e. The molecule has 0 atom stereocenters. The Labute approximate surface area is 243 Å². The molecule has 5 rings (SSSR count). The summed E-state index contributed by atoms with van der Waals surface area (Å²) in [7, 11) is 0. The topological polar surface area (TPSA) is 131 Å². The molecule has 0 unspecified atom stereocenters. The number of nitrogens with zero attached hydrogens (tertiary/aromatic N) is 6. The Hall–Kier alpha value is -4.48. The molecule has 12 heteroatoms. The van der Waals surface area contributed by atoms with Crippen LogP contribution in [0.3, 0.4) is 0 Å². The van der Waals surface area contributed by atoms with E-state index >= 15 is 0 Å². The predicted octanol–water partition coefficient (Wildman–Crippen LogP) is 4.01. The molecule has 1 aromatic carbocycles. The summed E-state index contributed by atoms with van der Waals surface area (Å²) < 4.78 is 20.3. The van der Waals surface area contributed by atoms with E-state index in [1.54, 1.807) is 23.4 Å².